The highest BCUT2D eigenvalue weighted by Crippen LogP contribution is 2.24. The monoisotopic (exact) mass is 351 g/mol. The predicted octanol–water partition coefficient (Wildman–Crippen LogP) is 5.16. The molecule has 0 aliphatic rings. The number of benzene rings is 1. The minimum Gasteiger partial charge on any atom is -0.477 e. The highest BCUT2D eigenvalue weighted by atomic mass is 16.4. The number of para-hydroxylation sites is 2. The molecule has 0 amide bonds. The van der Waals surface area contributed by atoms with Gasteiger partial charge in [-0.05, 0) is 30.7 Å². The van der Waals surface area contributed by atoms with Gasteiger partial charge in [-0.2, -0.15) is 0 Å². The van der Waals surface area contributed by atoms with E-state index in [0.717, 1.165) is 29.8 Å². The maximum Gasteiger partial charge on any atom is 0.354 e. The number of fused-ring (bicyclic) bond motifs is 1. The van der Waals surface area contributed by atoms with Crippen molar-refractivity contribution in [2.24, 2.45) is 0 Å². The van der Waals surface area contributed by atoms with Crippen LogP contribution in [0.1, 0.15) is 55.9 Å². The summed E-state index contributed by atoms with van der Waals surface area (Å²) in [5, 5.41) is 9.22. The molecule has 136 valence electrons. The van der Waals surface area contributed by atoms with Crippen molar-refractivity contribution in [1.82, 2.24) is 14.5 Å². The Labute approximate surface area is 153 Å². The summed E-state index contributed by atoms with van der Waals surface area (Å²) >= 11 is 0. The topological polar surface area (TPSA) is 68.0 Å². The van der Waals surface area contributed by atoms with Gasteiger partial charge in [0, 0.05) is 6.54 Å². The van der Waals surface area contributed by atoms with E-state index in [1.807, 2.05) is 24.3 Å². The van der Waals surface area contributed by atoms with Crippen LogP contribution in [0.3, 0.4) is 0 Å². The highest BCUT2D eigenvalue weighted by molar-refractivity contribution is 5.86. The van der Waals surface area contributed by atoms with Gasteiger partial charge in [0.2, 0.25) is 0 Å². The minimum atomic E-state index is -1.02. The Bertz CT molecular complexity index is 886. The lowest BCUT2D eigenvalue weighted by molar-refractivity contribution is 0.0690. The maximum absolute atomic E-state index is 11.2. The van der Waals surface area contributed by atoms with Crippen LogP contribution in [0.4, 0.5) is 0 Å². The van der Waals surface area contributed by atoms with Crippen molar-refractivity contribution in [3.8, 4) is 11.5 Å². The van der Waals surface area contributed by atoms with Crippen LogP contribution < -0.4 is 0 Å². The molecule has 0 bridgehead atoms. The van der Waals surface area contributed by atoms with E-state index >= 15 is 0 Å². The number of nitrogens with zero attached hydrogens (tertiary/aromatic N) is 3. The highest BCUT2D eigenvalue weighted by Gasteiger charge is 2.15. The second-order valence-electron chi connectivity index (χ2n) is 6.56. The van der Waals surface area contributed by atoms with Crippen LogP contribution in [-0.2, 0) is 6.54 Å². The molecule has 0 saturated heterocycles. The van der Waals surface area contributed by atoms with Crippen molar-refractivity contribution < 1.29 is 9.90 Å². The molecular weight excluding hydrogens is 326 g/mol. The Morgan fingerprint density at radius 3 is 2.54 bits per heavy atom. The number of carboxylic acid groups (broad SMARTS) is 1. The standard InChI is InChI=1S/C21H25N3O2/c1-2-3-4-5-6-9-15-24-19-14-8-7-11-16(19)23-20(24)17-12-10-13-18(22-17)21(25)26/h7-8,10-14H,2-6,9,15H2,1H3,(H,25,26). The molecule has 0 saturated carbocycles. The third-order valence-electron chi connectivity index (χ3n) is 4.59. The molecule has 0 aliphatic carbocycles. The number of aromatic carboxylic acids is 1. The number of aryl methyl sites for hydroxylation is 1. The van der Waals surface area contributed by atoms with Crippen LogP contribution in [0.15, 0.2) is 42.5 Å². The van der Waals surface area contributed by atoms with Crippen LogP contribution in [0, 0.1) is 0 Å². The molecule has 0 radical (unpaired) electrons. The molecule has 5 nitrogen and oxygen atoms in total. The van der Waals surface area contributed by atoms with Crippen LogP contribution >= 0.6 is 0 Å². The quantitative estimate of drug-likeness (QED) is 0.541. The number of aromatic nitrogens is 3. The normalized spacial score (nSPS) is 11.1. The zero-order valence-electron chi connectivity index (χ0n) is 15.2. The van der Waals surface area contributed by atoms with Gasteiger partial charge in [-0.15, -0.1) is 0 Å². The Morgan fingerprint density at radius 2 is 1.73 bits per heavy atom. The largest absolute Gasteiger partial charge is 0.477 e. The van der Waals surface area contributed by atoms with Crippen molar-refractivity contribution in [3.63, 3.8) is 0 Å². The van der Waals surface area contributed by atoms with E-state index in [1.54, 1.807) is 6.07 Å². The lowest BCUT2D eigenvalue weighted by Crippen LogP contribution is -2.05. The smallest absolute Gasteiger partial charge is 0.354 e. The number of imidazole rings is 1. The number of hydrogen-bond acceptors (Lipinski definition) is 3. The first-order chi connectivity index (χ1) is 12.7. The van der Waals surface area contributed by atoms with Gasteiger partial charge in [0.15, 0.2) is 5.82 Å². The molecule has 1 aromatic carbocycles. The zero-order valence-corrected chi connectivity index (χ0v) is 15.2. The number of rotatable bonds is 9. The third-order valence-corrected chi connectivity index (χ3v) is 4.59. The predicted molar refractivity (Wildman–Crippen MR) is 103 cm³/mol. The molecular formula is C21H25N3O2. The first-order valence-corrected chi connectivity index (χ1v) is 9.36. The van der Waals surface area contributed by atoms with Crippen LogP contribution in [0.5, 0.6) is 0 Å². The van der Waals surface area contributed by atoms with Crippen LogP contribution in [0.2, 0.25) is 0 Å². The molecule has 5 heteroatoms. The molecule has 3 rings (SSSR count). The van der Waals surface area contributed by atoms with Gasteiger partial charge >= 0.3 is 5.97 Å². The lowest BCUT2D eigenvalue weighted by Gasteiger charge is -2.09. The average Bonchev–Trinajstić information content (AvgIpc) is 3.03. The van der Waals surface area contributed by atoms with E-state index in [0.29, 0.717) is 5.69 Å². The average molecular weight is 351 g/mol. The fourth-order valence-electron chi connectivity index (χ4n) is 3.23. The summed E-state index contributed by atoms with van der Waals surface area (Å²) in [6.07, 6.45) is 7.36. The molecule has 0 atom stereocenters. The number of hydrogen-bond donors (Lipinski definition) is 1. The summed E-state index contributed by atoms with van der Waals surface area (Å²) < 4.78 is 2.17. The van der Waals surface area contributed by atoms with E-state index in [2.05, 4.69) is 22.5 Å². The summed E-state index contributed by atoms with van der Waals surface area (Å²) in [5.74, 6) is -0.284. The Hall–Kier alpha value is -2.69. The summed E-state index contributed by atoms with van der Waals surface area (Å²) in [5.41, 5.74) is 2.63. The number of carbonyl (C=O) groups is 1. The van der Waals surface area contributed by atoms with E-state index in [1.165, 1.54) is 38.2 Å². The number of carboxylic acids is 1. The Balaban J connectivity index is 1.87. The fourth-order valence-corrected chi connectivity index (χ4v) is 3.23. The first kappa shape index (κ1) is 18.1. The molecule has 0 aliphatic heterocycles. The van der Waals surface area contributed by atoms with Crippen molar-refractivity contribution >= 4 is 17.0 Å². The van der Waals surface area contributed by atoms with Crippen molar-refractivity contribution in [3.05, 3.63) is 48.2 Å². The summed E-state index contributed by atoms with van der Waals surface area (Å²) in [4.78, 5) is 20.3. The van der Waals surface area contributed by atoms with E-state index in [-0.39, 0.29) is 5.69 Å². The third kappa shape index (κ3) is 4.10. The van der Waals surface area contributed by atoms with Crippen LogP contribution in [0.25, 0.3) is 22.6 Å². The molecule has 2 heterocycles. The van der Waals surface area contributed by atoms with Gasteiger partial charge in [-0.1, -0.05) is 57.2 Å². The van der Waals surface area contributed by atoms with Gasteiger partial charge in [0.25, 0.3) is 0 Å². The van der Waals surface area contributed by atoms with Gasteiger partial charge in [0.1, 0.15) is 11.4 Å². The second-order valence-corrected chi connectivity index (χ2v) is 6.56. The van der Waals surface area contributed by atoms with Gasteiger partial charge in [-0.25, -0.2) is 14.8 Å². The maximum atomic E-state index is 11.2. The summed E-state index contributed by atoms with van der Waals surface area (Å²) in [7, 11) is 0. The van der Waals surface area contributed by atoms with Gasteiger partial charge in [0.05, 0.1) is 11.0 Å². The molecule has 3 aromatic rings. The van der Waals surface area contributed by atoms with E-state index in [4.69, 9.17) is 4.98 Å². The minimum absolute atomic E-state index is 0.0423. The van der Waals surface area contributed by atoms with Crippen molar-refractivity contribution in [1.29, 1.82) is 0 Å². The summed E-state index contributed by atoms with van der Waals surface area (Å²) in [6, 6.07) is 13.1. The molecule has 0 spiro atoms. The molecule has 0 fully saturated rings. The van der Waals surface area contributed by atoms with Crippen molar-refractivity contribution in [2.75, 3.05) is 0 Å². The van der Waals surface area contributed by atoms with E-state index in [9.17, 15) is 9.90 Å². The second kappa shape index (κ2) is 8.61. The Kier molecular flexibility index (Phi) is 6.00. The number of unbranched alkanes of at least 4 members (excludes halogenated alkanes) is 5. The fraction of sp³-hybridized carbons (Fsp3) is 0.381. The van der Waals surface area contributed by atoms with E-state index < -0.39 is 5.97 Å². The van der Waals surface area contributed by atoms with Gasteiger partial charge < -0.3 is 9.67 Å². The lowest BCUT2D eigenvalue weighted by atomic mass is 10.1. The Morgan fingerprint density at radius 1 is 0.962 bits per heavy atom. The van der Waals surface area contributed by atoms with Crippen molar-refractivity contribution in [2.45, 2.75) is 52.0 Å². The molecule has 0 unspecified atom stereocenters. The molecule has 26 heavy (non-hydrogen) atoms. The number of pyridine rings is 1. The SMILES string of the molecule is CCCCCCCCn1c(-c2cccc(C(=O)O)n2)nc2ccccc21. The van der Waals surface area contributed by atoms with Crippen LogP contribution in [-0.4, -0.2) is 25.6 Å². The zero-order chi connectivity index (χ0) is 18.4. The van der Waals surface area contributed by atoms with Gasteiger partial charge in [-0.3, -0.25) is 0 Å². The first-order valence-electron chi connectivity index (χ1n) is 9.36. The molecule has 2 aromatic heterocycles. The molecule has 1 N–H and O–H groups in total. The summed E-state index contributed by atoms with van der Waals surface area (Å²) in [6.45, 7) is 3.09.